The van der Waals surface area contributed by atoms with Gasteiger partial charge in [0.15, 0.2) is 0 Å². The van der Waals surface area contributed by atoms with Gasteiger partial charge in [0.2, 0.25) is 0 Å². The van der Waals surface area contributed by atoms with Crippen LogP contribution in [0, 0.1) is 5.82 Å². The Balaban J connectivity index is 0.00000225. The van der Waals surface area contributed by atoms with Gasteiger partial charge in [0, 0.05) is 6.07 Å². The maximum Gasteiger partial charge on any atom is 1.00 e. The number of halogens is 4. The minimum absolute atomic E-state index is 0. The Bertz CT molecular complexity index is 354. The van der Waals surface area contributed by atoms with Gasteiger partial charge in [-0.05, 0) is 19.9 Å². The Morgan fingerprint density at radius 1 is 1.19 bits per heavy atom. The van der Waals surface area contributed by atoms with E-state index in [1.165, 1.54) is 0 Å². The van der Waals surface area contributed by atoms with Gasteiger partial charge in [-0.3, -0.25) is 0 Å². The average molecular weight is 260 g/mol. The van der Waals surface area contributed by atoms with Crippen LogP contribution in [0.3, 0.4) is 0 Å². The summed E-state index contributed by atoms with van der Waals surface area (Å²) >= 11 is 0. The van der Waals surface area contributed by atoms with Gasteiger partial charge in [0.05, 0.1) is 11.9 Å². The topological polar surface area (TPSA) is 9.23 Å². The molecule has 0 aliphatic carbocycles. The molecule has 0 atom stereocenters. The maximum absolute atomic E-state index is 12.7. The molecule has 0 fully saturated rings. The molecule has 7 heteroatoms. The van der Waals surface area contributed by atoms with Crippen molar-refractivity contribution >= 4 is 12.4 Å². The van der Waals surface area contributed by atoms with Crippen LogP contribution < -0.4 is 61.6 Å². The van der Waals surface area contributed by atoms with Crippen molar-refractivity contribution in [3.05, 3.63) is 24.0 Å². The Morgan fingerprint density at radius 3 is 2.19 bits per heavy atom. The normalized spacial score (nSPS) is 11.2. The molecule has 1 aromatic rings. The summed E-state index contributed by atoms with van der Waals surface area (Å²) < 4.78 is 55.1. The van der Waals surface area contributed by atoms with Gasteiger partial charge in [0.1, 0.15) is 5.82 Å². The van der Waals surface area contributed by atoms with E-state index in [0.717, 1.165) is 12.1 Å². The fourth-order valence-electron chi connectivity index (χ4n) is 1.13. The first-order valence-electron chi connectivity index (χ1n) is 4.46. The Hall–Kier alpha value is 0.441. The minimum Gasteiger partial charge on any atom is -0.494 e. The van der Waals surface area contributed by atoms with E-state index in [4.69, 9.17) is 4.74 Å². The molecular formula is C9H10BF4KO. The van der Waals surface area contributed by atoms with Gasteiger partial charge in [-0.25, -0.2) is 4.39 Å². The molecule has 0 heterocycles. The second-order valence-corrected chi connectivity index (χ2v) is 3.42. The smallest absolute Gasteiger partial charge is 0.494 e. The van der Waals surface area contributed by atoms with Crippen molar-refractivity contribution in [3.8, 4) is 5.75 Å². The molecule has 0 aliphatic heterocycles. The monoisotopic (exact) mass is 260 g/mol. The fourth-order valence-corrected chi connectivity index (χ4v) is 1.13. The van der Waals surface area contributed by atoms with Crippen molar-refractivity contribution in [1.29, 1.82) is 0 Å². The molecule has 84 valence electrons. The second kappa shape index (κ2) is 6.39. The molecule has 0 spiro atoms. The Labute approximate surface area is 134 Å². The molecule has 0 amide bonds. The third-order valence-corrected chi connectivity index (χ3v) is 1.69. The first-order chi connectivity index (χ1) is 6.80. The van der Waals surface area contributed by atoms with E-state index in [1.807, 2.05) is 0 Å². The molecule has 1 aromatic carbocycles. The van der Waals surface area contributed by atoms with Crippen molar-refractivity contribution in [2.45, 2.75) is 20.0 Å². The third kappa shape index (κ3) is 4.75. The molecule has 1 rings (SSSR count). The largest absolute Gasteiger partial charge is 1.00 e. The van der Waals surface area contributed by atoms with Gasteiger partial charge in [0.25, 0.3) is 0 Å². The van der Waals surface area contributed by atoms with Crippen LogP contribution in [0.2, 0.25) is 0 Å². The minimum atomic E-state index is -5.17. The van der Waals surface area contributed by atoms with Crippen molar-refractivity contribution in [2.24, 2.45) is 0 Å². The number of ether oxygens (including phenoxy) is 1. The van der Waals surface area contributed by atoms with E-state index in [-0.39, 0.29) is 51.4 Å². The summed E-state index contributed by atoms with van der Waals surface area (Å²) in [4.78, 5) is 0. The zero-order chi connectivity index (χ0) is 11.6. The number of hydrogen-bond donors (Lipinski definition) is 0. The predicted molar refractivity (Wildman–Crippen MR) is 50.9 cm³/mol. The first kappa shape index (κ1) is 16.4. The van der Waals surface area contributed by atoms with Crippen LogP contribution in [0.4, 0.5) is 17.3 Å². The average Bonchev–Trinajstić information content (AvgIpc) is 1.99. The van der Waals surface area contributed by atoms with Crippen molar-refractivity contribution in [3.63, 3.8) is 0 Å². The zero-order valence-corrected chi connectivity index (χ0v) is 12.4. The second-order valence-electron chi connectivity index (χ2n) is 3.42. The summed E-state index contributed by atoms with van der Waals surface area (Å²) in [5, 5.41) is 0. The van der Waals surface area contributed by atoms with Crippen LogP contribution in [0.25, 0.3) is 0 Å². The summed E-state index contributed by atoms with van der Waals surface area (Å²) in [5.74, 6) is -1.19. The Morgan fingerprint density at radius 2 is 1.75 bits per heavy atom. The molecule has 0 saturated carbocycles. The molecule has 0 bridgehead atoms. The molecular weight excluding hydrogens is 250 g/mol. The van der Waals surface area contributed by atoms with E-state index in [2.05, 4.69) is 0 Å². The standard InChI is InChI=1S/C9H10BF4O.K/c1-6(2)15-9-5-7(11)3-4-8(9)10(12,13)14;/h3-6H,1-2H3;/q-1;+1. The van der Waals surface area contributed by atoms with Gasteiger partial charge >= 0.3 is 58.4 Å². The van der Waals surface area contributed by atoms with Gasteiger partial charge in [-0.2, -0.15) is 0 Å². The summed E-state index contributed by atoms with van der Waals surface area (Å²) in [6, 6.07) is 2.23. The van der Waals surface area contributed by atoms with E-state index < -0.39 is 30.1 Å². The van der Waals surface area contributed by atoms with Crippen LogP contribution in [-0.2, 0) is 0 Å². The van der Waals surface area contributed by atoms with E-state index in [9.17, 15) is 17.3 Å². The van der Waals surface area contributed by atoms with Crippen LogP contribution in [0.15, 0.2) is 18.2 Å². The summed E-state index contributed by atoms with van der Waals surface area (Å²) in [6.45, 7) is -2.01. The summed E-state index contributed by atoms with van der Waals surface area (Å²) in [5.41, 5.74) is -0.898. The van der Waals surface area contributed by atoms with E-state index in [1.54, 1.807) is 13.8 Å². The van der Waals surface area contributed by atoms with Crippen LogP contribution in [0.5, 0.6) is 5.75 Å². The molecule has 0 unspecified atom stereocenters. The van der Waals surface area contributed by atoms with Gasteiger partial charge < -0.3 is 17.7 Å². The van der Waals surface area contributed by atoms with Crippen LogP contribution in [0.1, 0.15) is 13.8 Å². The molecule has 0 aliphatic rings. The van der Waals surface area contributed by atoms with Crippen molar-refractivity contribution in [2.75, 3.05) is 0 Å². The molecule has 0 radical (unpaired) electrons. The molecule has 0 saturated heterocycles. The van der Waals surface area contributed by atoms with Crippen molar-refractivity contribution < 1.29 is 73.5 Å². The summed E-state index contributed by atoms with van der Waals surface area (Å²) in [7, 11) is 0. The summed E-state index contributed by atoms with van der Waals surface area (Å²) in [6.07, 6.45) is -0.427. The van der Waals surface area contributed by atoms with E-state index >= 15 is 0 Å². The fraction of sp³-hybridized carbons (Fsp3) is 0.333. The molecule has 0 N–H and O–H groups in total. The maximum atomic E-state index is 12.7. The Kier molecular flexibility index (Phi) is 6.57. The molecule has 1 nitrogen and oxygen atoms in total. The number of rotatable bonds is 3. The number of benzene rings is 1. The SMILES string of the molecule is CC(C)Oc1cc(F)ccc1[B-](F)(F)F.[K+]. The van der Waals surface area contributed by atoms with Crippen LogP contribution >= 0.6 is 0 Å². The zero-order valence-electron chi connectivity index (χ0n) is 9.31. The molecule has 16 heavy (non-hydrogen) atoms. The van der Waals surface area contributed by atoms with Crippen LogP contribution in [-0.4, -0.2) is 13.1 Å². The van der Waals surface area contributed by atoms with Gasteiger partial charge in [-0.1, -0.05) is 11.5 Å². The number of hydrogen-bond acceptors (Lipinski definition) is 1. The quantitative estimate of drug-likeness (QED) is 0.534. The first-order valence-corrected chi connectivity index (χ1v) is 4.46. The predicted octanol–water partition coefficient (Wildman–Crippen LogP) is -0.329. The van der Waals surface area contributed by atoms with E-state index in [0.29, 0.717) is 6.07 Å². The van der Waals surface area contributed by atoms with Gasteiger partial charge in [-0.15, -0.1) is 0 Å². The molecule has 0 aromatic heterocycles. The third-order valence-electron chi connectivity index (χ3n) is 1.69. The van der Waals surface area contributed by atoms with Crippen molar-refractivity contribution in [1.82, 2.24) is 0 Å².